The van der Waals surface area contributed by atoms with Crippen LogP contribution in [0.1, 0.15) is 57.8 Å². The lowest BCUT2D eigenvalue weighted by Crippen LogP contribution is -2.59. The molecule has 3 fully saturated rings. The lowest BCUT2D eigenvalue weighted by Gasteiger charge is -2.48. The van der Waals surface area contributed by atoms with Gasteiger partial charge in [-0.3, -0.25) is 9.89 Å². The van der Waals surface area contributed by atoms with Gasteiger partial charge in [-0.2, -0.15) is 11.8 Å². The van der Waals surface area contributed by atoms with Crippen molar-refractivity contribution in [1.82, 2.24) is 15.5 Å². The molecule has 1 aliphatic carbocycles. The number of thioether (sulfide) groups is 1. The molecule has 0 spiro atoms. The number of hydrogen-bond acceptors (Lipinski definition) is 4. The van der Waals surface area contributed by atoms with Crippen LogP contribution in [0.3, 0.4) is 0 Å². The van der Waals surface area contributed by atoms with Gasteiger partial charge in [-0.1, -0.05) is 25.7 Å². The molecular weight excluding hydrogens is 332 g/mol. The summed E-state index contributed by atoms with van der Waals surface area (Å²) in [7, 11) is 1.83. The van der Waals surface area contributed by atoms with E-state index in [1.165, 1.54) is 64.5 Å². The van der Waals surface area contributed by atoms with E-state index in [0.717, 1.165) is 30.4 Å². The van der Waals surface area contributed by atoms with Crippen molar-refractivity contribution in [1.29, 1.82) is 0 Å². The zero-order valence-electron chi connectivity index (χ0n) is 15.9. The molecule has 25 heavy (non-hydrogen) atoms. The Hall–Kier alpha value is -0.460. The zero-order chi connectivity index (χ0) is 17.6. The highest BCUT2D eigenvalue weighted by atomic mass is 32.2. The summed E-state index contributed by atoms with van der Waals surface area (Å²) >= 11 is 1.84. The molecule has 3 aliphatic rings. The molecule has 144 valence electrons. The summed E-state index contributed by atoms with van der Waals surface area (Å²) in [5.41, 5.74) is -0.270. The number of likely N-dealkylation sites (tertiary alicyclic amines) is 1. The van der Waals surface area contributed by atoms with Crippen LogP contribution in [-0.4, -0.2) is 71.8 Å². The molecule has 5 nitrogen and oxygen atoms in total. The minimum Gasteiger partial charge on any atom is -0.387 e. The molecule has 3 N–H and O–H groups in total. The van der Waals surface area contributed by atoms with Crippen LogP contribution in [-0.2, 0) is 0 Å². The molecule has 0 bridgehead atoms. The molecule has 6 heteroatoms. The Kier molecular flexibility index (Phi) is 6.92. The SMILES string of the molecule is CN=C(NCC1(O)CCSC1)NCC1(N2CCCCC2)CCCCC1. The van der Waals surface area contributed by atoms with Crippen LogP contribution < -0.4 is 10.6 Å². The molecule has 0 aromatic rings. The topological polar surface area (TPSA) is 59.9 Å². The lowest BCUT2D eigenvalue weighted by molar-refractivity contribution is 0.0366. The third-order valence-electron chi connectivity index (χ3n) is 6.29. The molecule has 1 unspecified atom stereocenters. The Bertz CT molecular complexity index is 439. The van der Waals surface area contributed by atoms with E-state index in [1.54, 1.807) is 0 Å². The fourth-order valence-electron chi connectivity index (χ4n) is 4.64. The molecule has 0 aromatic carbocycles. The lowest BCUT2D eigenvalue weighted by atomic mass is 9.79. The summed E-state index contributed by atoms with van der Waals surface area (Å²) < 4.78 is 0. The molecule has 2 heterocycles. The first-order chi connectivity index (χ1) is 12.2. The van der Waals surface area contributed by atoms with Gasteiger partial charge in [0, 0.05) is 31.4 Å². The Morgan fingerprint density at radius 3 is 2.32 bits per heavy atom. The second-order valence-electron chi connectivity index (χ2n) is 8.14. The first kappa shape index (κ1) is 19.3. The highest BCUT2D eigenvalue weighted by molar-refractivity contribution is 7.99. The minimum atomic E-state index is -0.572. The van der Waals surface area contributed by atoms with Gasteiger partial charge >= 0.3 is 0 Å². The number of aliphatic hydroxyl groups is 1. The van der Waals surface area contributed by atoms with Crippen LogP contribution >= 0.6 is 11.8 Å². The second-order valence-corrected chi connectivity index (χ2v) is 9.24. The molecule has 1 atom stereocenters. The van der Waals surface area contributed by atoms with Crippen LogP contribution in [0.2, 0.25) is 0 Å². The molecule has 0 radical (unpaired) electrons. The number of guanidine groups is 1. The number of hydrogen-bond donors (Lipinski definition) is 3. The summed E-state index contributed by atoms with van der Waals surface area (Å²) in [6, 6.07) is 0. The second kappa shape index (κ2) is 8.96. The zero-order valence-corrected chi connectivity index (χ0v) is 16.7. The summed E-state index contributed by atoms with van der Waals surface area (Å²) in [6.07, 6.45) is 11.6. The number of nitrogens with zero attached hydrogens (tertiary/aromatic N) is 2. The number of aliphatic imine (C=N–C) groups is 1. The molecule has 3 rings (SSSR count). The van der Waals surface area contributed by atoms with Crippen molar-refractivity contribution in [2.45, 2.75) is 68.9 Å². The fourth-order valence-corrected chi connectivity index (χ4v) is 5.93. The van der Waals surface area contributed by atoms with Crippen molar-refractivity contribution < 1.29 is 5.11 Å². The smallest absolute Gasteiger partial charge is 0.191 e. The minimum absolute atomic E-state index is 0.302. The van der Waals surface area contributed by atoms with Gasteiger partial charge in [0.2, 0.25) is 0 Å². The van der Waals surface area contributed by atoms with Crippen molar-refractivity contribution in [2.24, 2.45) is 4.99 Å². The summed E-state index contributed by atoms with van der Waals surface area (Å²) in [5, 5.41) is 17.5. The predicted molar refractivity (Wildman–Crippen MR) is 107 cm³/mol. The van der Waals surface area contributed by atoms with Crippen molar-refractivity contribution in [2.75, 3.05) is 44.7 Å². The van der Waals surface area contributed by atoms with Gasteiger partial charge in [0.25, 0.3) is 0 Å². The van der Waals surface area contributed by atoms with Gasteiger partial charge in [-0.15, -0.1) is 0 Å². The molecular formula is C19H36N4OS. The van der Waals surface area contributed by atoms with Crippen molar-refractivity contribution >= 4 is 17.7 Å². The van der Waals surface area contributed by atoms with Crippen molar-refractivity contribution in [3.05, 3.63) is 0 Å². The van der Waals surface area contributed by atoms with E-state index in [2.05, 4.69) is 20.5 Å². The van der Waals surface area contributed by atoms with E-state index in [0.29, 0.717) is 12.1 Å². The highest BCUT2D eigenvalue weighted by Gasteiger charge is 2.38. The molecule has 2 saturated heterocycles. The highest BCUT2D eigenvalue weighted by Crippen LogP contribution is 2.35. The average molecular weight is 369 g/mol. The predicted octanol–water partition coefficient (Wildman–Crippen LogP) is 2.21. The van der Waals surface area contributed by atoms with E-state index in [9.17, 15) is 5.11 Å². The van der Waals surface area contributed by atoms with Gasteiger partial charge < -0.3 is 15.7 Å². The Labute approximate surface area is 157 Å². The molecule has 2 aliphatic heterocycles. The van der Waals surface area contributed by atoms with Crippen LogP contribution in [0.4, 0.5) is 0 Å². The van der Waals surface area contributed by atoms with Crippen molar-refractivity contribution in [3.8, 4) is 0 Å². The quantitative estimate of drug-likeness (QED) is 0.513. The Balaban J connectivity index is 1.55. The maximum Gasteiger partial charge on any atom is 0.191 e. The fraction of sp³-hybridized carbons (Fsp3) is 0.947. The number of rotatable bonds is 5. The van der Waals surface area contributed by atoms with Gasteiger partial charge in [0.1, 0.15) is 0 Å². The van der Waals surface area contributed by atoms with E-state index in [-0.39, 0.29) is 0 Å². The van der Waals surface area contributed by atoms with Crippen LogP contribution in [0.5, 0.6) is 0 Å². The maximum atomic E-state index is 10.5. The maximum absolute atomic E-state index is 10.5. The summed E-state index contributed by atoms with van der Waals surface area (Å²) in [6.45, 7) is 4.08. The first-order valence-corrected chi connectivity index (χ1v) is 11.3. The van der Waals surface area contributed by atoms with Gasteiger partial charge in [-0.05, 0) is 50.9 Å². The van der Waals surface area contributed by atoms with E-state index in [1.807, 2.05) is 18.8 Å². The van der Waals surface area contributed by atoms with Crippen LogP contribution in [0, 0.1) is 0 Å². The van der Waals surface area contributed by atoms with Crippen molar-refractivity contribution in [3.63, 3.8) is 0 Å². The third kappa shape index (κ3) is 5.04. The normalized spacial score (nSPS) is 31.0. The molecule has 0 aromatic heterocycles. The van der Waals surface area contributed by atoms with Gasteiger partial charge in [-0.25, -0.2) is 0 Å². The van der Waals surface area contributed by atoms with E-state index >= 15 is 0 Å². The van der Waals surface area contributed by atoms with Crippen LogP contribution in [0.25, 0.3) is 0 Å². The Morgan fingerprint density at radius 2 is 1.68 bits per heavy atom. The summed E-state index contributed by atoms with van der Waals surface area (Å²) in [4.78, 5) is 7.16. The summed E-state index contributed by atoms with van der Waals surface area (Å²) in [5.74, 6) is 2.73. The average Bonchev–Trinajstić information content (AvgIpc) is 3.10. The van der Waals surface area contributed by atoms with Gasteiger partial charge in [0.15, 0.2) is 5.96 Å². The first-order valence-electron chi connectivity index (χ1n) is 10.2. The Morgan fingerprint density at radius 1 is 1.00 bits per heavy atom. The standard InChI is InChI=1S/C19H36N4OS/c1-20-17(22-15-19(24)10-13-25-16-19)21-14-18(8-4-2-5-9-18)23-11-6-3-7-12-23/h24H,2-16H2,1H3,(H2,20,21,22). The molecule has 1 saturated carbocycles. The van der Waals surface area contributed by atoms with Crippen LogP contribution in [0.15, 0.2) is 4.99 Å². The van der Waals surface area contributed by atoms with Gasteiger partial charge in [0.05, 0.1) is 5.60 Å². The molecule has 0 amide bonds. The number of piperidine rings is 1. The third-order valence-corrected chi connectivity index (χ3v) is 7.52. The van der Waals surface area contributed by atoms with E-state index < -0.39 is 5.60 Å². The van der Waals surface area contributed by atoms with E-state index in [4.69, 9.17) is 0 Å². The number of nitrogens with one attached hydrogen (secondary N) is 2. The monoisotopic (exact) mass is 368 g/mol. The largest absolute Gasteiger partial charge is 0.387 e.